The lowest BCUT2D eigenvalue weighted by Gasteiger charge is -2.58. The average Bonchev–Trinajstić information content (AvgIpc) is 3.92. The molecule has 60 heavy (non-hydrogen) atoms. The third kappa shape index (κ3) is 4.51. The highest BCUT2D eigenvalue weighted by atomic mass is 16.6. The first-order chi connectivity index (χ1) is 28.4. The molecular weight excluding hydrogens is 769 g/mol. The van der Waals surface area contributed by atoms with Crippen LogP contribution in [0.5, 0.6) is 0 Å². The number of ketones is 2. The van der Waals surface area contributed by atoms with Gasteiger partial charge in [-0.05, 0) is 101 Å². The van der Waals surface area contributed by atoms with Gasteiger partial charge in [-0.2, -0.15) is 0 Å². The summed E-state index contributed by atoms with van der Waals surface area (Å²) in [5.74, 6) is -0.401. The summed E-state index contributed by atoms with van der Waals surface area (Å²) >= 11 is 0. The van der Waals surface area contributed by atoms with Crippen molar-refractivity contribution < 1.29 is 57.2 Å². The number of hydrogen-bond donors (Lipinski definition) is 0. The van der Waals surface area contributed by atoms with Gasteiger partial charge in [-0.25, -0.2) is 0 Å². The van der Waals surface area contributed by atoms with Crippen LogP contribution in [-0.2, 0) is 57.2 Å². The summed E-state index contributed by atoms with van der Waals surface area (Å²) in [7, 11) is 2.90. The van der Waals surface area contributed by atoms with Crippen LogP contribution in [0.15, 0.2) is 23.3 Å². The zero-order valence-corrected chi connectivity index (χ0v) is 36.0. The molecule has 4 heterocycles. The van der Waals surface area contributed by atoms with Gasteiger partial charge in [0.1, 0.15) is 22.4 Å². The van der Waals surface area contributed by atoms with Gasteiger partial charge in [-0.3, -0.25) is 28.8 Å². The maximum atomic E-state index is 13.0. The molecule has 0 bridgehead atoms. The fourth-order valence-electron chi connectivity index (χ4n) is 17.4. The SMILES string of the molecule is COC(=O)[C@@H]1CC2=CC(=O)CC[C@]2(C)[C@@]23O[C@@H]2C[C@@]2(C)[C@@H](CC[C@@]24CCC(=O)O4)[C@H]13.COC(=O)[C@@H]1CC2=CC(=O)CC[C@]2(C)[C@@]23O[C@@H]2C[C@@]2(C)[C@@H](CC[C@@]24CCC(=O)O4)[C@H]13. The summed E-state index contributed by atoms with van der Waals surface area (Å²) < 4.78 is 35.9. The number of ether oxygens (including phenoxy) is 6. The molecule has 12 aliphatic rings. The van der Waals surface area contributed by atoms with E-state index >= 15 is 0 Å². The van der Waals surface area contributed by atoms with E-state index in [1.807, 2.05) is 0 Å². The van der Waals surface area contributed by atoms with Crippen LogP contribution in [0.1, 0.15) is 130 Å². The Labute approximate surface area is 351 Å². The molecule has 4 spiro atoms. The summed E-state index contributed by atoms with van der Waals surface area (Å²) in [5.41, 5.74) is -0.350. The van der Waals surface area contributed by atoms with E-state index in [1.165, 1.54) is 14.2 Å². The van der Waals surface area contributed by atoms with Crippen LogP contribution >= 0.6 is 0 Å². The van der Waals surface area contributed by atoms with Gasteiger partial charge in [0.05, 0.1) is 38.3 Å². The number of hydrogen-bond acceptors (Lipinski definition) is 12. The van der Waals surface area contributed by atoms with Crippen molar-refractivity contribution in [2.45, 2.75) is 165 Å². The van der Waals surface area contributed by atoms with E-state index < -0.39 is 22.4 Å². The maximum absolute atomic E-state index is 13.0. The molecule has 4 saturated heterocycles. The molecule has 0 aromatic rings. The van der Waals surface area contributed by atoms with Gasteiger partial charge in [-0.1, -0.05) is 38.8 Å². The third-order valence-electron chi connectivity index (χ3n) is 20.4. The maximum Gasteiger partial charge on any atom is 0.309 e. The molecule has 12 heteroatoms. The number of carbonyl (C=O) groups excluding carboxylic acids is 6. The Kier molecular flexibility index (Phi) is 8.03. The van der Waals surface area contributed by atoms with E-state index in [-0.39, 0.29) is 105 Å². The second-order valence-electron chi connectivity index (χ2n) is 21.9. The molecular formula is C48H60O12. The number of methoxy groups -OCH3 is 2. The molecule has 8 aliphatic carbocycles. The minimum Gasteiger partial charge on any atom is -0.469 e. The molecule has 4 aliphatic heterocycles. The zero-order chi connectivity index (χ0) is 42.2. The van der Waals surface area contributed by atoms with Gasteiger partial charge in [0, 0.05) is 59.2 Å². The Morgan fingerprint density at radius 2 is 0.983 bits per heavy atom. The lowest BCUT2D eigenvalue weighted by molar-refractivity contribution is -0.172. The first-order valence-corrected chi connectivity index (χ1v) is 22.8. The quantitative estimate of drug-likeness (QED) is 0.175. The predicted octanol–water partition coefficient (Wildman–Crippen LogP) is 6.25. The Hall–Kier alpha value is -3.38. The first kappa shape index (κ1) is 39.5. The van der Waals surface area contributed by atoms with Crippen LogP contribution in [0.3, 0.4) is 0 Å². The van der Waals surface area contributed by atoms with Crippen molar-refractivity contribution >= 4 is 35.4 Å². The molecule has 0 N–H and O–H groups in total. The van der Waals surface area contributed by atoms with E-state index in [9.17, 15) is 28.8 Å². The Bertz CT molecular complexity index is 1960. The normalized spacial score (nSPS) is 53.2. The van der Waals surface area contributed by atoms with E-state index in [0.717, 1.165) is 75.4 Å². The van der Waals surface area contributed by atoms with Crippen LogP contribution in [-0.4, -0.2) is 84.3 Å². The zero-order valence-electron chi connectivity index (χ0n) is 36.0. The van der Waals surface area contributed by atoms with Crippen LogP contribution in [0.2, 0.25) is 0 Å². The number of esters is 4. The van der Waals surface area contributed by atoms with Crippen molar-refractivity contribution in [3.8, 4) is 0 Å². The number of carbonyl (C=O) groups is 6. The molecule has 0 amide bonds. The highest BCUT2D eigenvalue weighted by Crippen LogP contribution is 2.80. The van der Waals surface area contributed by atoms with Crippen molar-refractivity contribution in [1.29, 1.82) is 0 Å². The van der Waals surface area contributed by atoms with Crippen molar-refractivity contribution in [3.63, 3.8) is 0 Å². The Balaban J connectivity index is 0.000000136. The highest BCUT2D eigenvalue weighted by molar-refractivity contribution is 5.93. The van der Waals surface area contributed by atoms with Crippen LogP contribution < -0.4 is 0 Å². The van der Waals surface area contributed by atoms with E-state index in [2.05, 4.69) is 27.7 Å². The largest absolute Gasteiger partial charge is 0.469 e. The number of epoxide rings is 2. The molecule has 0 unspecified atom stereocenters. The third-order valence-corrected chi connectivity index (χ3v) is 20.4. The topological polar surface area (TPSA) is 164 Å². The van der Waals surface area contributed by atoms with E-state index in [0.29, 0.717) is 38.5 Å². The fraction of sp³-hybridized carbons (Fsp3) is 0.792. The molecule has 0 aromatic heterocycles. The van der Waals surface area contributed by atoms with Crippen molar-refractivity contribution in [2.75, 3.05) is 14.2 Å². The minimum atomic E-state index is -0.424. The molecule has 0 aromatic carbocycles. The van der Waals surface area contributed by atoms with Gasteiger partial charge in [0.15, 0.2) is 11.6 Å². The second kappa shape index (κ2) is 12.2. The molecule has 324 valence electrons. The predicted molar refractivity (Wildman–Crippen MR) is 210 cm³/mol. The van der Waals surface area contributed by atoms with Crippen molar-refractivity contribution in [3.05, 3.63) is 23.3 Å². The van der Waals surface area contributed by atoms with Crippen molar-refractivity contribution in [2.24, 2.45) is 57.2 Å². The van der Waals surface area contributed by atoms with Gasteiger partial charge in [0.2, 0.25) is 0 Å². The molecule has 0 radical (unpaired) electrons. The van der Waals surface area contributed by atoms with E-state index in [4.69, 9.17) is 28.4 Å². The standard InChI is InChI=1S/2C24H30O6/c2*1-21-7-4-14(25)10-13(21)11-15(20(27)28-3)19-16-5-8-23(9-6-18(26)30-23)22(16,2)12-17-24(19,21)29-17/h2*10,15-17,19H,4-9,11-12H2,1-3H3/t2*15-,16+,17-,19+,21+,22+,23-,24-/m11/s1. The van der Waals surface area contributed by atoms with Gasteiger partial charge in [-0.15, -0.1) is 0 Å². The van der Waals surface area contributed by atoms with Gasteiger partial charge < -0.3 is 28.4 Å². The smallest absolute Gasteiger partial charge is 0.309 e. The molecule has 16 atom stereocenters. The average molecular weight is 829 g/mol. The highest BCUT2D eigenvalue weighted by Gasteiger charge is 2.85. The lowest BCUT2D eigenvalue weighted by atomic mass is 9.43. The molecule has 6 saturated carbocycles. The first-order valence-electron chi connectivity index (χ1n) is 22.8. The van der Waals surface area contributed by atoms with Gasteiger partial charge >= 0.3 is 23.9 Å². The van der Waals surface area contributed by atoms with Crippen LogP contribution in [0, 0.1) is 57.2 Å². The summed E-state index contributed by atoms with van der Waals surface area (Å²) in [4.78, 5) is 74.8. The van der Waals surface area contributed by atoms with Crippen LogP contribution in [0.25, 0.3) is 0 Å². The van der Waals surface area contributed by atoms with E-state index in [1.54, 1.807) is 12.2 Å². The summed E-state index contributed by atoms with van der Waals surface area (Å²) in [6, 6.07) is 0. The second-order valence-corrected chi connectivity index (χ2v) is 21.9. The van der Waals surface area contributed by atoms with Crippen molar-refractivity contribution in [1.82, 2.24) is 0 Å². The number of fused-ring (bicyclic) bond motifs is 8. The molecule has 12 nitrogen and oxygen atoms in total. The molecule has 12 rings (SSSR count). The molecule has 10 fully saturated rings. The Morgan fingerprint density at radius 1 is 0.583 bits per heavy atom. The fourth-order valence-corrected chi connectivity index (χ4v) is 17.4. The van der Waals surface area contributed by atoms with Crippen LogP contribution in [0.4, 0.5) is 0 Å². The monoisotopic (exact) mass is 828 g/mol. The summed E-state index contributed by atoms with van der Waals surface area (Å²) in [6.07, 6.45) is 15.2. The summed E-state index contributed by atoms with van der Waals surface area (Å²) in [5, 5.41) is 0. The van der Waals surface area contributed by atoms with Gasteiger partial charge in [0.25, 0.3) is 0 Å². The lowest BCUT2D eigenvalue weighted by Crippen LogP contribution is -2.63. The Morgan fingerprint density at radius 3 is 1.33 bits per heavy atom. The summed E-state index contributed by atoms with van der Waals surface area (Å²) in [6.45, 7) is 9.02. The number of rotatable bonds is 2. The minimum absolute atomic E-state index is 0.0303.